The lowest BCUT2D eigenvalue weighted by Crippen LogP contribution is -2.45. The Labute approximate surface area is 189 Å². The van der Waals surface area contributed by atoms with Crippen LogP contribution < -0.4 is 11.1 Å². The molecule has 1 fully saturated rings. The number of nitrogens with two attached hydrogens (primary N) is 1. The highest BCUT2D eigenvalue weighted by Gasteiger charge is 2.32. The number of fused-ring (bicyclic) bond motifs is 1. The lowest BCUT2D eigenvalue weighted by molar-refractivity contribution is -0.209. The Bertz CT molecular complexity index is 1340. The van der Waals surface area contributed by atoms with Gasteiger partial charge in [0.25, 0.3) is 5.91 Å². The number of nitrogens with zero attached hydrogens (tertiary/aromatic N) is 5. The number of rotatable bonds is 6. The van der Waals surface area contributed by atoms with E-state index in [9.17, 15) is 9.59 Å². The number of imidazole rings is 2. The third-order valence-corrected chi connectivity index (χ3v) is 5.64. The summed E-state index contributed by atoms with van der Waals surface area (Å²) in [6.45, 7) is 2.90. The van der Waals surface area contributed by atoms with Crippen molar-refractivity contribution in [3.8, 4) is 5.69 Å². The molecule has 5 rings (SSSR count). The van der Waals surface area contributed by atoms with Crippen LogP contribution in [0.2, 0.25) is 0 Å². The maximum Gasteiger partial charge on any atom is 0.322 e. The predicted molar refractivity (Wildman–Crippen MR) is 121 cm³/mol. The van der Waals surface area contributed by atoms with Gasteiger partial charge in [0.15, 0.2) is 0 Å². The molecule has 0 aliphatic carbocycles. The van der Waals surface area contributed by atoms with Crippen LogP contribution in [0.15, 0.2) is 61.3 Å². The Morgan fingerprint density at radius 1 is 1.21 bits per heavy atom. The molecule has 0 unspecified atom stereocenters. The highest BCUT2D eigenvalue weighted by Crippen LogP contribution is 2.27. The molecule has 1 aliphatic heterocycles. The molecule has 1 aliphatic rings. The van der Waals surface area contributed by atoms with Gasteiger partial charge in [-0.05, 0) is 29.8 Å². The Kier molecular flexibility index (Phi) is 5.37. The van der Waals surface area contributed by atoms with E-state index in [0.29, 0.717) is 30.1 Å². The fourth-order valence-corrected chi connectivity index (χ4v) is 3.88. The van der Waals surface area contributed by atoms with Crippen LogP contribution in [-0.4, -0.2) is 49.0 Å². The van der Waals surface area contributed by atoms with Crippen molar-refractivity contribution >= 4 is 23.2 Å². The van der Waals surface area contributed by atoms with Crippen molar-refractivity contribution < 1.29 is 14.4 Å². The number of pyridine rings is 1. The monoisotopic (exact) mass is 445 g/mol. The molecule has 0 atom stereocenters. The van der Waals surface area contributed by atoms with Gasteiger partial charge in [0.2, 0.25) is 0 Å². The second-order valence-electron chi connectivity index (χ2n) is 7.90. The molecule has 168 valence electrons. The lowest BCUT2D eigenvalue weighted by Gasteiger charge is -2.35. The van der Waals surface area contributed by atoms with Gasteiger partial charge < -0.3 is 20.5 Å². The minimum atomic E-state index is -0.322. The van der Waals surface area contributed by atoms with Crippen molar-refractivity contribution in [2.45, 2.75) is 19.4 Å². The standard InChI is InChI=1S/C23H23N7O3/c1-15(31)33-29-11-17(12-29)20-13-28(14-26-20)18-6-5-16(9-24)19(8-18)27-23(32)21-10-25-22-4-2-3-7-30(21)22/h2-8,10,13-14,17H,9,11-12,24H2,1H3,(H,27,32). The summed E-state index contributed by atoms with van der Waals surface area (Å²) in [7, 11) is 0. The first kappa shape index (κ1) is 20.9. The van der Waals surface area contributed by atoms with E-state index in [1.165, 1.54) is 6.92 Å². The minimum absolute atomic E-state index is 0.197. The summed E-state index contributed by atoms with van der Waals surface area (Å²) < 4.78 is 3.63. The summed E-state index contributed by atoms with van der Waals surface area (Å²) >= 11 is 0. The lowest BCUT2D eigenvalue weighted by atomic mass is 10.00. The zero-order valence-electron chi connectivity index (χ0n) is 18.0. The Balaban J connectivity index is 1.35. The highest BCUT2D eigenvalue weighted by molar-refractivity contribution is 6.04. The average Bonchev–Trinajstić information content (AvgIpc) is 3.43. The molecule has 4 aromatic rings. The number of hydroxylamine groups is 2. The number of carbonyl (C=O) groups excluding carboxylic acids is 2. The first-order chi connectivity index (χ1) is 16.0. The predicted octanol–water partition coefficient (Wildman–Crippen LogP) is 2.11. The molecule has 3 aromatic heterocycles. The molecule has 10 nitrogen and oxygen atoms in total. The zero-order chi connectivity index (χ0) is 22.9. The van der Waals surface area contributed by atoms with Crippen LogP contribution in [0.5, 0.6) is 0 Å². The summed E-state index contributed by atoms with van der Waals surface area (Å²) in [4.78, 5) is 37.9. The van der Waals surface area contributed by atoms with Gasteiger partial charge in [0.1, 0.15) is 11.3 Å². The van der Waals surface area contributed by atoms with Crippen molar-refractivity contribution in [1.82, 2.24) is 24.0 Å². The molecule has 0 bridgehead atoms. The van der Waals surface area contributed by atoms with Crippen LogP contribution in [0.3, 0.4) is 0 Å². The summed E-state index contributed by atoms with van der Waals surface area (Å²) in [5.41, 5.74) is 10.3. The van der Waals surface area contributed by atoms with Crippen LogP contribution in [-0.2, 0) is 16.2 Å². The maximum atomic E-state index is 13.0. The highest BCUT2D eigenvalue weighted by atomic mass is 16.7. The van der Waals surface area contributed by atoms with Crippen molar-refractivity contribution in [1.29, 1.82) is 0 Å². The number of benzene rings is 1. The van der Waals surface area contributed by atoms with Crippen molar-refractivity contribution in [3.05, 3.63) is 78.3 Å². The number of aromatic nitrogens is 4. The van der Waals surface area contributed by atoms with E-state index in [1.807, 2.05) is 47.2 Å². The van der Waals surface area contributed by atoms with Gasteiger partial charge in [0.05, 0.1) is 18.2 Å². The summed E-state index contributed by atoms with van der Waals surface area (Å²) in [6.07, 6.45) is 7.03. The van der Waals surface area contributed by atoms with Crippen LogP contribution in [0.4, 0.5) is 5.69 Å². The first-order valence-electron chi connectivity index (χ1n) is 10.6. The molecule has 0 radical (unpaired) electrons. The smallest absolute Gasteiger partial charge is 0.322 e. The molecule has 1 saturated heterocycles. The SMILES string of the molecule is CC(=O)ON1CC(c2cn(-c3ccc(CN)c(NC(=O)c4cnc5ccccn45)c3)cn2)C1. The molecule has 1 amide bonds. The number of amides is 1. The molecular weight excluding hydrogens is 422 g/mol. The number of anilines is 1. The van der Waals surface area contributed by atoms with Crippen LogP contribution in [0.25, 0.3) is 11.3 Å². The van der Waals surface area contributed by atoms with E-state index >= 15 is 0 Å². The van der Waals surface area contributed by atoms with Crippen molar-refractivity contribution in [3.63, 3.8) is 0 Å². The zero-order valence-corrected chi connectivity index (χ0v) is 18.0. The second kappa shape index (κ2) is 8.49. The molecule has 10 heteroatoms. The fraction of sp³-hybridized carbons (Fsp3) is 0.217. The van der Waals surface area contributed by atoms with Gasteiger partial charge in [-0.15, -0.1) is 5.06 Å². The van der Waals surface area contributed by atoms with Gasteiger partial charge in [-0.3, -0.25) is 14.0 Å². The first-order valence-corrected chi connectivity index (χ1v) is 10.6. The van der Waals surface area contributed by atoms with E-state index in [4.69, 9.17) is 10.6 Å². The molecule has 33 heavy (non-hydrogen) atoms. The molecule has 0 saturated carbocycles. The van der Waals surface area contributed by atoms with Crippen LogP contribution in [0, 0.1) is 0 Å². The topological polar surface area (TPSA) is 120 Å². The number of hydrogen-bond acceptors (Lipinski definition) is 7. The molecule has 0 spiro atoms. The van der Waals surface area contributed by atoms with Gasteiger partial charge in [0, 0.05) is 56.2 Å². The van der Waals surface area contributed by atoms with E-state index in [2.05, 4.69) is 15.3 Å². The number of hydrogen-bond donors (Lipinski definition) is 2. The molecule has 1 aromatic carbocycles. The third-order valence-electron chi connectivity index (χ3n) is 5.64. The minimum Gasteiger partial charge on any atom is -0.368 e. The van der Waals surface area contributed by atoms with Crippen molar-refractivity contribution in [2.24, 2.45) is 5.73 Å². The maximum absolute atomic E-state index is 13.0. The number of nitrogens with one attached hydrogen (secondary N) is 1. The van der Waals surface area contributed by atoms with E-state index < -0.39 is 0 Å². The third kappa shape index (κ3) is 4.09. The van der Waals surface area contributed by atoms with E-state index in [1.54, 1.807) is 28.2 Å². The number of carbonyl (C=O) groups is 2. The Morgan fingerprint density at radius 3 is 2.85 bits per heavy atom. The summed E-state index contributed by atoms with van der Waals surface area (Å²) in [6, 6.07) is 11.3. The van der Waals surface area contributed by atoms with Gasteiger partial charge >= 0.3 is 5.97 Å². The fourth-order valence-electron chi connectivity index (χ4n) is 3.88. The normalized spacial score (nSPS) is 14.2. The second-order valence-corrected chi connectivity index (χ2v) is 7.90. The van der Waals surface area contributed by atoms with Crippen LogP contribution in [0.1, 0.15) is 34.6 Å². The van der Waals surface area contributed by atoms with Crippen LogP contribution >= 0.6 is 0 Å². The summed E-state index contributed by atoms with van der Waals surface area (Å²) in [5, 5.41) is 4.59. The summed E-state index contributed by atoms with van der Waals surface area (Å²) in [5.74, 6) is -0.396. The molecular formula is C23H23N7O3. The largest absolute Gasteiger partial charge is 0.368 e. The van der Waals surface area contributed by atoms with E-state index in [0.717, 1.165) is 16.9 Å². The van der Waals surface area contributed by atoms with Gasteiger partial charge in [-0.1, -0.05) is 12.1 Å². The Morgan fingerprint density at radius 2 is 2.06 bits per heavy atom. The quantitative estimate of drug-likeness (QED) is 0.466. The average molecular weight is 445 g/mol. The molecule has 3 N–H and O–H groups in total. The molecule has 4 heterocycles. The van der Waals surface area contributed by atoms with Gasteiger partial charge in [-0.25, -0.2) is 9.97 Å². The van der Waals surface area contributed by atoms with E-state index in [-0.39, 0.29) is 24.3 Å². The van der Waals surface area contributed by atoms with Gasteiger partial charge in [-0.2, -0.15) is 0 Å². The van der Waals surface area contributed by atoms with Crippen molar-refractivity contribution in [2.75, 3.05) is 18.4 Å². The Hall–Kier alpha value is -4.02.